The van der Waals surface area contributed by atoms with E-state index in [9.17, 15) is 5.48 Å². The van der Waals surface area contributed by atoms with Gasteiger partial charge in [0.25, 0.3) is 0 Å². The lowest BCUT2D eigenvalue weighted by molar-refractivity contribution is 0.669. The van der Waals surface area contributed by atoms with E-state index in [1.54, 1.807) is 12.1 Å². The molecule has 0 radical (unpaired) electrons. The predicted octanol–water partition coefficient (Wildman–Crippen LogP) is 13.7. The van der Waals surface area contributed by atoms with Gasteiger partial charge in [-0.15, -0.1) is 0 Å². The first-order valence-corrected chi connectivity index (χ1v) is 15.5. The summed E-state index contributed by atoms with van der Waals surface area (Å²) in [5, 5.41) is 3.73. The van der Waals surface area contributed by atoms with E-state index >= 15 is 0 Å². The van der Waals surface area contributed by atoms with E-state index in [2.05, 4.69) is 0 Å². The monoisotopic (exact) mass is 638 g/mol. The molecule has 0 amide bonds. The minimum Gasteiger partial charge on any atom is -0.456 e. The van der Waals surface area contributed by atoms with Crippen LogP contribution in [0.2, 0.25) is 0 Å². The first-order valence-electron chi connectivity index (χ1n) is 23.5. The third kappa shape index (κ3) is 4.40. The Kier molecular flexibility index (Phi) is 3.64. The normalized spacial score (nSPS) is 16.2. The summed E-state index contributed by atoms with van der Waals surface area (Å²) >= 11 is 0. The maximum atomic E-state index is 9.53. The van der Waals surface area contributed by atoms with Crippen molar-refractivity contribution in [3.05, 3.63) is 182 Å². The van der Waals surface area contributed by atoms with Gasteiger partial charge in [0.1, 0.15) is 11.2 Å². The van der Waals surface area contributed by atoms with Crippen molar-refractivity contribution in [2.45, 2.75) is 0 Å². The van der Waals surface area contributed by atoms with E-state index in [-0.39, 0.29) is 45.2 Å². The summed E-state index contributed by atoms with van der Waals surface area (Å²) < 4.78 is 147. The highest BCUT2D eigenvalue weighted by Crippen LogP contribution is 2.48. The van der Waals surface area contributed by atoms with Crippen LogP contribution in [-0.2, 0) is 0 Å². The van der Waals surface area contributed by atoms with Crippen molar-refractivity contribution in [1.82, 2.24) is 0 Å². The highest BCUT2D eigenvalue weighted by Gasteiger charge is 2.21. The number of furan rings is 1. The summed E-state index contributed by atoms with van der Waals surface area (Å²) in [6.45, 7) is 0. The van der Waals surface area contributed by atoms with Crippen LogP contribution in [0.15, 0.2) is 186 Å². The molecule has 0 atom stereocenters. The Morgan fingerprint density at radius 2 is 1.00 bits per heavy atom. The third-order valence-corrected chi connectivity index (χ3v) is 8.92. The molecule has 0 unspecified atom stereocenters. The van der Waals surface area contributed by atoms with Gasteiger partial charge < -0.3 is 4.42 Å². The maximum Gasteiger partial charge on any atom is 0.136 e. The molecule has 49 heavy (non-hydrogen) atoms. The second-order valence-electron chi connectivity index (χ2n) is 11.6. The molecule has 0 aliphatic carbocycles. The summed E-state index contributed by atoms with van der Waals surface area (Å²) in [6.07, 6.45) is 0. The molecule has 1 heteroatoms. The van der Waals surface area contributed by atoms with Crippen LogP contribution < -0.4 is 0 Å². The molecule has 0 spiro atoms. The third-order valence-electron chi connectivity index (χ3n) is 8.92. The fourth-order valence-electron chi connectivity index (χ4n) is 6.89. The quantitative estimate of drug-likeness (QED) is 0.175. The van der Waals surface area contributed by atoms with E-state index in [1.807, 2.05) is 72.8 Å². The Morgan fingerprint density at radius 3 is 1.69 bits per heavy atom. The molecular weight excluding hydrogens is 593 g/mol. The molecule has 10 rings (SSSR count). The van der Waals surface area contributed by atoms with Crippen molar-refractivity contribution >= 4 is 54.3 Å². The Hall–Kier alpha value is -6.44. The Balaban J connectivity index is 1.34. The lowest BCUT2D eigenvalue weighted by atomic mass is 9.83. The van der Waals surface area contributed by atoms with Gasteiger partial charge in [-0.1, -0.05) is 151 Å². The number of benzene rings is 9. The van der Waals surface area contributed by atoms with Gasteiger partial charge in [-0.3, -0.25) is 0 Å². The standard InChI is InChI=1S/C48H30O/c1-3-14-31(15-4-1)33-26-27-41-45(30-33)49-44-25-13-24-42(48(41)44)47-39-22-11-9-20-37(39)46(38-21-10-12-23-40(38)47)35-28-34-18-7-8-19-36(34)43(29-35)32-16-5-2-6-17-32/h1-30H/i1D,2D,3D,4D,5D,6D,13D,14D,15D,16D,17D,24D,25D,26D,27D,30D. The fraction of sp³-hybridized carbons (Fsp3) is 0. The lowest BCUT2D eigenvalue weighted by Crippen LogP contribution is -1.92. The van der Waals surface area contributed by atoms with Crippen molar-refractivity contribution in [2.24, 2.45) is 0 Å². The molecule has 0 bridgehead atoms. The molecule has 1 aromatic heterocycles. The second kappa shape index (κ2) is 11.1. The molecule has 9 aromatic carbocycles. The summed E-state index contributed by atoms with van der Waals surface area (Å²) in [7, 11) is 0. The smallest absolute Gasteiger partial charge is 0.136 e. The highest BCUT2D eigenvalue weighted by molar-refractivity contribution is 6.26. The van der Waals surface area contributed by atoms with E-state index in [0.717, 1.165) is 5.39 Å². The second-order valence-corrected chi connectivity index (χ2v) is 11.6. The molecule has 1 heterocycles. The van der Waals surface area contributed by atoms with Crippen LogP contribution >= 0.6 is 0 Å². The summed E-state index contributed by atoms with van der Waals surface area (Å²) in [6, 6.07) is 17.0. The number of hydrogen-bond donors (Lipinski definition) is 0. The minimum absolute atomic E-state index is 0.0165. The highest BCUT2D eigenvalue weighted by atomic mass is 16.3. The average Bonchev–Trinajstić information content (AvgIpc) is 3.71. The lowest BCUT2D eigenvalue weighted by Gasteiger charge is -2.19. The Bertz CT molecular complexity index is 3680. The van der Waals surface area contributed by atoms with Crippen molar-refractivity contribution in [2.75, 3.05) is 0 Å². The summed E-state index contributed by atoms with van der Waals surface area (Å²) in [5.41, 5.74) is 0.820. The molecule has 0 fully saturated rings. The van der Waals surface area contributed by atoms with Gasteiger partial charge in [-0.05, 0) is 107 Å². The van der Waals surface area contributed by atoms with Crippen molar-refractivity contribution < 1.29 is 26.3 Å². The fourth-order valence-corrected chi connectivity index (χ4v) is 6.89. The molecule has 0 saturated carbocycles. The van der Waals surface area contributed by atoms with Gasteiger partial charge in [-0.2, -0.15) is 0 Å². The number of hydrogen-bond acceptors (Lipinski definition) is 1. The summed E-state index contributed by atoms with van der Waals surface area (Å²) in [5.74, 6) is 0. The van der Waals surface area contributed by atoms with Crippen LogP contribution in [0.3, 0.4) is 0 Å². The zero-order valence-electron chi connectivity index (χ0n) is 41.5. The largest absolute Gasteiger partial charge is 0.456 e. The van der Waals surface area contributed by atoms with Gasteiger partial charge in [0.15, 0.2) is 0 Å². The summed E-state index contributed by atoms with van der Waals surface area (Å²) in [4.78, 5) is 0. The number of rotatable bonds is 4. The van der Waals surface area contributed by atoms with Crippen LogP contribution in [0.1, 0.15) is 21.9 Å². The van der Waals surface area contributed by atoms with Crippen molar-refractivity contribution in [3.63, 3.8) is 0 Å². The zero-order chi connectivity index (χ0) is 46.2. The molecule has 0 N–H and O–H groups in total. The van der Waals surface area contributed by atoms with Crippen LogP contribution in [-0.4, -0.2) is 0 Å². The first kappa shape index (κ1) is 16.1. The van der Waals surface area contributed by atoms with E-state index in [1.165, 1.54) is 0 Å². The Labute approximate surface area is 306 Å². The van der Waals surface area contributed by atoms with Crippen LogP contribution in [0, 0.1) is 0 Å². The van der Waals surface area contributed by atoms with Gasteiger partial charge in [0.05, 0.1) is 21.9 Å². The molecule has 1 nitrogen and oxygen atoms in total. The molecule has 10 aromatic rings. The van der Waals surface area contributed by atoms with Crippen LogP contribution in [0.25, 0.3) is 98.8 Å². The van der Waals surface area contributed by atoms with Crippen LogP contribution in [0.4, 0.5) is 0 Å². The molecular formula is C48H30O. The van der Waals surface area contributed by atoms with E-state index in [0.29, 0.717) is 49.2 Å². The Morgan fingerprint density at radius 1 is 0.388 bits per heavy atom. The molecule has 0 saturated heterocycles. The van der Waals surface area contributed by atoms with Crippen molar-refractivity contribution in [3.8, 4) is 44.5 Å². The van der Waals surface area contributed by atoms with Gasteiger partial charge in [0, 0.05) is 10.8 Å². The van der Waals surface area contributed by atoms with E-state index < -0.39 is 95.7 Å². The molecule has 0 aliphatic heterocycles. The molecule has 228 valence electrons. The predicted molar refractivity (Wildman–Crippen MR) is 208 cm³/mol. The molecule has 0 aliphatic rings. The first-order chi connectivity index (χ1) is 31.0. The van der Waals surface area contributed by atoms with Crippen molar-refractivity contribution in [1.29, 1.82) is 0 Å². The van der Waals surface area contributed by atoms with E-state index in [4.69, 9.17) is 20.9 Å². The maximum absolute atomic E-state index is 9.53. The average molecular weight is 639 g/mol. The van der Waals surface area contributed by atoms with Gasteiger partial charge in [-0.25, -0.2) is 0 Å². The number of fused-ring (bicyclic) bond motifs is 6. The van der Waals surface area contributed by atoms with Gasteiger partial charge in [0.2, 0.25) is 0 Å². The zero-order valence-corrected chi connectivity index (χ0v) is 25.5. The SMILES string of the molecule is [2H]c1c([2H])c([2H])c(-c2c([2H])c([2H])c3c(oc4c([2H])c([2H])c([2H])c(-c5c6ccccc6c(-c6cc(-c7c([2H])c([2H])c([2H])c([2H])c7[2H])c7ccccc7c6)c6ccccc56)c43)c2[2H])c([2H])c1[2H]. The van der Waals surface area contributed by atoms with Crippen LogP contribution in [0.5, 0.6) is 0 Å². The van der Waals surface area contributed by atoms with Gasteiger partial charge >= 0.3 is 0 Å². The minimum atomic E-state index is -0.694. The topological polar surface area (TPSA) is 13.1 Å².